The van der Waals surface area contributed by atoms with E-state index in [1.54, 1.807) is 10.5 Å². The number of para-hydroxylation sites is 1. The van der Waals surface area contributed by atoms with Crippen LogP contribution in [0.15, 0.2) is 48.8 Å². The minimum absolute atomic E-state index is 0.223. The number of piperidine rings is 1. The fourth-order valence-corrected chi connectivity index (χ4v) is 5.80. The van der Waals surface area contributed by atoms with Crippen LogP contribution < -0.4 is 4.31 Å². The second kappa shape index (κ2) is 6.31. The minimum Gasteiger partial charge on any atom is -0.262 e. The zero-order valence-electron chi connectivity index (χ0n) is 14.9. The van der Waals surface area contributed by atoms with Crippen LogP contribution in [0.4, 0.5) is 5.82 Å². The average Bonchev–Trinajstić information content (AvgIpc) is 3.33. The van der Waals surface area contributed by atoms with Crippen LogP contribution in [-0.4, -0.2) is 47.1 Å². The van der Waals surface area contributed by atoms with E-state index in [2.05, 4.69) is 22.2 Å². The van der Waals surface area contributed by atoms with Gasteiger partial charge in [0, 0.05) is 31.2 Å². The van der Waals surface area contributed by atoms with Crippen LogP contribution >= 0.6 is 0 Å². The largest absolute Gasteiger partial charge is 0.305 e. The molecule has 140 valence electrons. The van der Waals surface area contributed by atoms with E-state index in [0.717, 1.165) is 35.7 Å². The summed E-state index contributed by atoms with van der Waals surface area (Å²) in [5.74, 6) is 0.581. The molecule has 1 aromatic carbocycles. The molecule has 2 aromatic heterocycles. The number of hydrogen-bond donors (Lipinski definition) is 0. The highest BCUT2D eigenvalue weighted by Gasteiger charge is 2.37. The van der Waals surface area contributed by atoms with Gasteiger partial charge in [-0.25, -0.2) is 9.29 Å². The van der Waals surface area contributed by atoms with Crippen LogP contribution in [0.5, 0.6) is 0 Å². The lowest BCUT2D eigenvalue weighted by Crippen LogP contribution is -2.47. The predicted molar refractivity (Wildman–Crippen MR) is 104 cm³/mol. The molecule has 7 nitrogen and oxygen atoms in total. The molecule has 0 saturated carbocycles. The van der Waals surface area contributed by atoms with Crippen molar-refractivity contribution in [3.63, 3.8) is 0 Å². The van der Waals surface area contributed by atoms with Gasteiger partial charge < -0.3 is 0 Å². The van der Waals surface area contributed by atoms with Crippen molar-refractivity contribution >= 4 is 26.9 Å². The Bertz CT molecular complexity index is 1090. The second-order valence-corrected chi connectivity index (χ2v) is 8.95. The third-order valence-electron chi connectivity index (χ3n) is 5.57. The van der Waals surface area contributed by atoms with E-state index in [-0.39, 0.29) is 6.04 Å². The second-order valence-electron chi connectivity index (χ2n) is 7.09. The fraction of sp³-hybridized carbons (Fsp3) is 0.368. The quantitative estimate of drug-likeness (QED) is 0.696. The summed E-state index contributed by atoms with van der Waals surface area (Å²) in [6, 6.07) is 12.2. The lowest BCUT2D eigenvalue weighted by Gasteiger charge is -2.34. The highest BCUT2D eigenvalue weighted by molar-refractivity contribution is 7.90. The standard InChI is InChI=1S/C19H21N5O2S/c25-27(26,23-13-7-15-5-3-10-20-19(15)23)22-11-8-17(9-12-22)24-18-6-2-1-4-16(18)14-21-24/h1-6,10,14,17H,7-9,11-13H2. The molecule has 1 fully saturated rings. The summed E-state index contributed by atoms with van der Waals surface area (Å²) in [7, 11) is -3.54. The van der Waals surface area contributed by atoms with Gasteiger partial charge in [0.2, 0.25) is 0 Å². The number of benzene rings is 1. The molecule has 4 heterocycles. The Balaban J connectivity index is 1.35. The lowest BCUT2D eigenvalue weighted by atomic mass is 10.1. The molecule has 0 bridgehead atoms. The van der Waals surface area contributed by atoms with Crippen molar-refractivity contribution in [3.05, 3.63) is 54.4 Å². The summed E-state index contributed by atoms with van der Waals surface area (Å²) < 4.78 is 31.4. The summed E-state index contributed by atoms with van der Waals surface area (Å²) in [6.45, 7) is 1.47. The number of aromatic nitrogens is 3. The van der Waals surface area contributed by atoms with Gasteiger partial charge in [-0.15, -0.1) is 0 Å². The van der Waals surface area contributed by atoms with E-state index in [1.807, 2.05) is 35.1 Å². The predicted octanol–water partition coefficient (Wildman–Crippen LogP) is 2.38. The van der Waals surface area contributed by atoms with Crippen LogP contribution in [0, 0.1) is 0 Å². The van der Waals surface area contributed by atoms with E-state index in [1.165, 1.54) is 4.31 Å². The minimum atomic E-state index is -3.54. The van der Waals surface area contributed by atoms with E-state index < -0.39 is 10.2 Å². The molecule has 2 aliphatic rings. The van der Waals surface area contributed by atoms with Crippen LogP contribution in [0.2, 0.25) is 0 Å². The molecule has 3 aromatic rings. The molecular weight excluding hydrogens is 362 g/mol. The molecule has 0 amide bonds. The topological polar surface area (TPSA) is 71.3 Å². The molecular formula is C19H21N5O2S. The van der Waals surface area contributed by atoms with Crippen LogP contribution in [-0.2, 0) is 16.6 Å². The summed E-state index contributed by atoms with van der Waals surface area (Å²) in [5.41, 5.74) is 2.11. The number of nitrogens with zero attached hydrogens (tertiary/aromatic N) is 5. The van der Waals surface area contributed by atoms with Gasteiger partial charge in [0.25, 0.3) is 0 Å². The molecule has 0 aliphatic carbocycles. The van der Waals surface area contributed by atoms with Crippen molar-refractivity contribution in [1.82, 2.24) is 19.1 Å². The maximum atomic E-state index is 13.1. The van der Waals surface area contributed by atoms with Gasteiger partial charge in [0.15, 0.2) is 0 Å². The highest BCUT2D eigenvalue weighted by atomic mass is 32.2. The van der Waals surface area contributed by atoms with Crippen LogP contribution in [0.1, 0.15) is 24.4 Å². The van der Waals surface area contributed by atoms with Gasteiger partial charge in [-0.3, -0.25) is 4.68 Å². The van der Waals surface area contributed by atoms with Crippen molar-refractivity contribution in [3.8, 4) is 0 Å². The first-order valence-corrected chi connectivity index (χ1v) is 10.7. The summed E-state index contributed by atoms with van der Waals surface area (Å²) in [5, 5.41) is 5.66. The van der Waals surface area contributed by atoms with Gasteiger partial charge in [-0.2, -0.15) is 17.8 Å². The molecule has 5 rings (SSSR count). The Hall–Kier alpha value is -2.45. The van der Waals surface area contributed by atoms with E-state index in [4.69, 9.17) is 0 Å². The number of hydrogen-bond acceptors (Lipinski definition) is 4. The Morgan fingerprint density at radius 2 is 1.81 bits per heavy atom. The molecule has 2 aliphatic heterocycles. The number of rotatable bonds is 3. The van der Waals surface area contributed by atoms with Gasteiger partial charge >= 0.3 is 10.2 Å². The summed E-state index contributed by atoms with van der Waals surface area (Å²) in [6.07, 6.45) is 5.77. The normalized spacial score (nSPS) is 18.9. The van der Waals surface area contributed by atoms with E-state index >= 15 is 0 Å². The Labute approximate surface area is 158 Å². The molecule has 0 N–H and O–H groups in total. The van der Waals surface area contributed by atoms with Crippen molar-refractivity contribution < 1.29 is 8.42 Å². The smallest absolute Gasteiger partial charge is 0.262 e. The van der Waals surface area contributed by atoms with Crippen molar-refractivity contribution in [2.75, 3.05) is 23.9 Å². The number of anilines is 1. The molecule has 27 heavy (non-hydrogen) atoms. The molecule has 0 spiro atoms. The maximum Gasteiger partial charge on any atom is 0.305 e. The summed E-state index contributed by atoms with van der Waals surface area (Å²) >= 11 is 0. The molecule has 0 atom stereocenters. The third kappa shape index (κ3) is 2.71. The maximum absolute atomic E-state index is 13.1. The molecule has 0 radical (unpaired) electrons. The van der Waals surface area contributed by atoms with Crippen LogP contribution in [0.25, 0.3) is 10.9 Å². The van der Waals surface area contributed by atoms with Gasteiger partial charge in [0.1, 0.15) is 5.82 Å². The first-order valence-electron chi connectivity index (χ1n) is 9.28. The first kappa shape index (κ1) is 16.7. The fourth-order valence-electron chi connectivity index (χ4n) is 4.14. The number of fused-ring (bicyclic) bond motifs is 2. The van der Waals surface area contributed by atoms with Gasteiger partial charge in [-0.1, -0.05) is 24.3 Å². The lowest BCUT2D eigenvalue weighted by molar-refractivity contribution is 0.265. The van der Waals surface area contributed by atoms with Crippen molar-refractivity contribution in [2.24, 2.45) is 0 Å². The molecule has 1 saturated heterocycles. The van der Waals surface area contributed by atoms with Crippen molar-refractivity contribution in [2.45, 2.75) is 25.3 Å². The SMILES string of the molecule is O=S(=O)(N1CCC(n2ncc3ccccc32)CC1)N1CCc2cccnc21. The third-order valence-corrected chi connectivity index (χ3v) is 7.50. The van der Waals surface area contributed by atoms with Crippen LogP contribution in [0.3, 0.4) is 0 Å². The Morgan fingerprint density at radius 3 is 2.67 bits per heavy atom. The number of pyridine rings is 1. The van der Waals surface area contributed by atoms with Gasteiger partial charge in [0.05, 0.1) is 17.8 Å². The Kier molecular flexibility index (Phi) is 3.91. The summed E-state index contributed by atoms with van der Waals surface area (Å²) in [4.78, 5) is 4.30. The first-order chi connectivity index (χ1) is 13.1. The Morgan fingerprint density at radius 1 is 1.00 bits per heavy atom. The highest BCUT2D eigenvalue weighted by Crippen LogP contribution is 2.32. The molecule has 8 heteroatoms. The zero-order valence-corrected chi connectivity index (χ0v) is 15.7. The van der Waals surface area contributed by atoms with E-state index in [9.17, 15) is 8.42 Å². The van der Waals surface area contributed by atoms with Crippen molar-refractivity contribution in [1.29, 1.82) is 0 Å². The average molecular weight is 383 g/mol. The zero-order chi connectivity index (χ0) is 18.4. The monoisotopic (exact) mass is 383 g/mol. The van der Waals surface area contributed by atoms with Gasteiger partial charge in [-0.05, 0) is 37.0 Å². The van der Waals surface area contributed by atoms with E-state index in [0.29, 0.717) is 25.5 Å². The molecule has 0 unspecified atom stereocenters.